The molecule has 0 bridgehead atoms. The smallest absolute Gasteiger partial charge is 0.419 e. The van der Waals surface area contributed by atoms with Crippen LogP contribution in [0.3, 0.4) is 0 Å². The second-order valence-corrected chi connectivity index (χ2v) is 10.3. The van der Waals surface area contributed by atoms with Gasteiger partial charge in [0.15, 0.2) is 11.6 Å². The molecule has 196 valence electrons. The fourth-order valence-corrected chi connectivity index (χ4v) is 4.95. The molecule has 3 aliphatic rings. The summed E-state index contributed by atoms with van der Waals surface area (Å²) in [5, 5.41) is 0. The summed E-state index contributed by atoms with van der Waals surface area (Å²) in [7, 11) is 0. The lowest BCUT2D eigenvalue weighted by atomic mass is 9.85. The van der Waals surface area contributed by atoms with Crippen molar-refractivity contribution in [2.24, 2.45) is 4.99 Å². The van der Waals surface area contributed by atoms with E-state index in [1.165, 1.54) is 0 Å². The van der Waals surface area contributed by atoms with E-state index in [4.69, 9.17) is 4.74 Å². The molecule has 4 rings (SSSR count). The molecule has 3 aliphatic heterocycles. The molecule has 0 unspecified atom stereocenters. The Morgan fingerprint density at radius 3 is 2.31 bits per heavy atom. The molecule has 1 aromatic rings. The molecule has 0 N–H and O–H groups in total. The van der Waals surface area contributed by atoms with Gasteiger partial charge < -0.3 is 14.5 Å². The highest BCUT2D eigenvalue weighted by molar-refractivity contribution is 6.46. The van der Waals surface area contributed by atoms with E-state index in [2.05, 4.69) is 4.99 Å². The van der Waals surface area contributed by atoms with E-state index in [1.807, 2.05) is 0 Å². The number of rotatable bonds is 2. The number of hydrogen-bond donors (Lipinski definition) is 0. The number of amides is 2. The number of benzene rings is 1. The van der Waals surface area contributed by atoms with Crippen LogP contribution in [0, 0.1) is 11.6 Å². The van der Waals surface area contributed by atoms with Crippen LogP contribution in [-0.2, 0) is 15.7 Å². The third kappa shape index (κ3) is 5.24. The summed E-state index contributed by atoms with van der Waals surface area (Å²) in [5.41, 5.74) is -0.462. The number of likely N-dealkylation sites (tertiary alicyclic amines) is 1. The molecule has 11 heteroatoms. The molecule has 2 amide bonds. The lowest BCUT2D eigenvalue weighted by Crippen LogP contribution is -2.44. The molecular weight excluding hydrogens is 485 g/mol. The minimum absolute atomic E-state index is 0.172. The molecule has 1 saturated heterocycles. The zero-order valence-corrected chi connectivity index (χ0v) is 20.3. The van der Waals surface area contributed by atoms with Gasteiger partial charge >= 0.3 is 12.3 Å². The van der Waals surface area contributed by atoms with Gasteiger partial charge in [-0.1, -0.05) is 6.07 Å². The molecule has 0 atom stereocenters. The number of halogens is 5. The number of piperidine rings is 1. The number of aliphatic imine (C=N–C) groups is 1. The number of ether oxygens (including phenoxy) is 1. The van der Waals surface area contributed by atoms with Crippen molar-refractivity contribution < 1.29 is 36.3 Å². The van der Waals surface area contributed by atoms with Crippen LogP contribution in [0.5, 0.6) is 0 Å². The van der Waals surface area contributed by atoms with Gasteiger partial charge in [-0.3, -0.25) is 9.79 Å². The maximum atomic E-state index is 14.0. The summed E-state index contributed by atoms with van der Waals surface area (Å²) in [4.78, 5) is 33.1. The third-order valence-electron chi connectivity index (χ3n) is 6.64. The van der Waals surface area contributed by atoms with Gasteiger partial charge in [-0.2, -0.15) is 13.2 Å². The van der Waals surface area contributed by atoms with Gasteiger partial charge in [0.1, 0.15) is 11.3 Å². The second kappa shape index (κ2) is 9.48. The Kier molecular flexibility index (Phi) is 6.87. The highest BCUT2D eigenvalue weighted by Gasteiger charge is 2.41. The summed E-state index contributed by atoms with van der Waals surface area (Å²) in [6.07, 6.45) is -4.62. The fraction of sp³-hybridized carbons (Fsp3) is 0.560. The molecule has 0 saturated carbocycles. The highest BCUT2D eigenvalue weighted by Crippen LogP contribution is 2.41. The van der Waals surface area contributed by atoms with Crippen molar-refractivity contribution in [1.29, 1.82) is 0 Å². The van der Waals surface area contributed by atoms with Gasteiger partial charge in [0, 0.05) is 26.2 Å². The third-order valence-corrected chi connectivity index (χ3v) is 6.64. The molecule has 0 aromatic heterocycles. The summed E-state index contributed by atoms with van der Waals surface area (Å²) in [5.74, 6) is -4.39. The lowest BCUT2D eigenvalue weighted by Gasteiger charge is -2.34. The molecule has 1 aromatic carbocycles. The van der Waals surface area contributed by atoms with Gasteiger partial charge in [0.25, 0.3) is 5.91 Å². The minimum Gasteiger partial charge on any atom is -0.444 e. The topological polar surface area (TPSA) is 62.2 Å². The average Bonchev–Trinajstić information content (AvgIpc) is 3.21. The molecule has 3 heterocycles. The van der Waals surface area contributed by atoms with Gasteiger partial charge in [-0.15, -0.1) is 0 Å². The number of nitrogens with zero attached hydrogens (tertiary/aromatic N) is 3. The maximum Gasteiger partial charge on any atom is 0.419 e. The first-order valence-corrected chi connectivity index (χ1v) is 11.8. The number of carbonyl (C=O) groups excluding carboxylic acids is 2. The number of alkyl halides is 3. The molecule has 36 heavy (non-hydrogen) atoms. The van der Waals surface area contributed by atoms with Crippen molar-refractivity contribution in [3.63, 3.8) is 0 Å². The Labute approximate surface area is 205 Å². The molecule has 1 fully saturated rings. The van der Waals surface area contributed by atoms with Gasteiger partial charge in [0.2, 0.25) is 0 Å². The first kappa shape index (κ1) is 26.1. The Hall–Kier alpha value is -2.98. The van der Waals surface area contributed by atoms with E-state index in [-0.39, 0.29) is 37.4 Å². The van der Waals surface area contributed by atoms with Gasteiger partial charge in [-0.05, 0) is 68.7 Å². The van der Waals surface area contributed by atoms with Crippen LogP contribution < -0.4 is 0 Å². The molecule has 0 spiro atoms. The predicted octanol–water partition coefficient (Wildman–Crippen LogP) is 5.08. The standard InChI is InChI=1S/C25H28F5N3O3/c1-24(2,3)36-23(35)33-11-8-17-15(13-33)12-31-21(17)22(34)32-9-6-14(7-10-32)16-4-5-18(26)20(27)19(16)25(28,29)30/h4-5,14H,6-13H2,1-3H3. The first-order chi connectivity index (χ1) is 16.8. The molecule has 0 aliphatic carbocycles. The average molecular weight is 514 g/mol. The van der Waals surface area contributed by atoms with E-state index in [1.54, 1.807) is 30.6 Å². The van der Waals surface area contributed by atoms with Crippen LogP contribution in [0.2, 0.25) is 0 Å². The van der Waals surface area contributed by atoms with Crippen molar-refractivity contribution in [3.05, 3.63) is 46.0 Å². The van der Waals surface area contributed by atoms with Crippen LogP contribution >= 0.6 is 0 Å². The van der Waals surface area contributed by atoms with E-state index in [9.17, 15) is 31.5 Å². The Balaban J connectivity index is 1.41. The molecule has 6 nitrogen and oxygen atoms in total. The maximum absolute atomic E-state index is 14.0. The first-order valence-electron chi connectivity index (χ1n) is 11.8. The second-order valence-electron chi connectivity index (χ2n) is 10.3. The monoisotopic (exact) mass is 513 g/mol. The number of carbonyl (C=O) groups is 2. The normalized spacial score (nSPS) is 19.4. The van der Waals surface area contributed by atoms with E-state index < -0.39 is 41.0 Å². The fourth-order valence-electron chi connectivity index (χ4n) is 4.95. The van der Waals surface area contributed by atoms with Crippen molar-refractivity contribution in [2.45, 2.75) is 57.7 Å². The van der Waals surface area contributed by atoms with Crippen LogP contribution in [0.4, 0.5) is 26.7 Å². The summed E-state index contributed by atoms with van der Waals surface area (Å²) in [6, 6.07) is 1.70. The van der Waals surface area contributed by atoms with Crippen LogP contribution in [-0.4, -0.2) is 65.8 Å². The zero-order valence-electron chi connectivity index (χ0n) is 20.3. The summed E-state index contributed by atoms with van der Waals surface area (Å²) < 4.78 is 73.3. The van der Waals surface area contributed by atoms with Gasteiger partial charge in [-0.25, -0.2) is 13.6 Å². The zero-order chi connectivity index (χ0) is 26.4. The van der Waals surface area contributed by atoms with Crippen molar-refractivity contribution in [1.82, 2.24) is 9.80 Å². The summed E-state index contributed by atoms with van der Waals surface area (Å²) >= 11 is 0. The van der Waals surface area contributed by atoms with E-state index in [0.29, 0.717) is 37.8 Å². The summed E-state index contributed by atoms with van der Waals surface area (Å²) in [6.45, 7) is 6.71. The van der Waals surface area contributed by atoms with Crippen molar-refractivity contribution in [2.75, 3.05) is 32.7 Å². The number of hydrogen-bond acceptors (Lipinski definition) is 4. The van der Waals surface area contributed by atoms with Crippen molar-refractivity contribution >= 4 is 17.7 Å². The van der Waals surface area contributed by atoms with E-state index >= 15 is 0 Å². The minimum atomic E-state index is -5.02. The Morgan fingerprint density at radius 1 is 1.03 bits per heavy atom. The Morgan fingerprint density at radius 2 is 1.69 bits per heavy atom. The quantitative estimate of drug-likeness (QED) is 0.518. The van der Waals surface area contributed by atoms with Gasteiger partial charge in [0.05, 0.1) is 12.1 Å². The molecule has 0 radical (unpaired) electrons. The SMILES string of the molecule is CC(C)(C)OC(=O)N1CCC2=C(CN=C2C(=O)N2CCC(c3ccc(F)c(F)c3C(F)(F)F)CC2)C1. The Bertz CT molecular complexity index is 1130. The van der Waals surface area contributed by atoms with Crippen LogP contribution in [0.25, 0.3) is 0 Å². The van der Waals surface area contributed by atoms with Crippen LogP contribution in [0.15, 0.2) is 28.3 Å². The van der Waals surface area contributed by atoms with Crippen LogP contribution in [0.1, 0.15) is 57.1 Å². The largest absolute Gasteiger partial charge is 0.444 e. The van der Waals surface area contributed by atoms with E-state index in [0.717, 1.165) is 17.2 Å². The molecular formula is C25H28F5N3O3. The predicted molar refractivity (Wildman–Crippen MR) is 122 cm³/mol. The lowest BCUT2D eigenvalue weighted by molar-refractivity contribution is -0.141. The van der Waals surface area contributed by atoms with Crippen molar-refractivity contribution in [3.8, 4) is 0 Å². The highest BCUT2D eigenvalue weighted by atomic mass is 19.4.